The normalized spacial score (nSPS) is 22.6. The van der Waals surface area contributed by atoms with Gasteiger partial charge in [-0.1, -0.05) is 0 Å². The van der Waals surface area contributed by atoms with Gasteiger partial charge in [-0.2, -0.15) is 0 Å². The topological polar surface area (TPSA) is 80.5 Å². The van der Waals surface area contributed by atoms with Crippen LogP contribution in [0.2, 0.25) is 0 Å². The minimum atomic E-state index is -0.293. The molecule has 108 valence electrons. The van der Waals surface area contributed by atoms with Gasteiger partial charge in [0.05, 0.1) is 25.1 Å². The summed E-state index contributed by atoms with van der Waals surface area (Å²) >= 11 is 0. The number of morpholine rings is 1. The highest BCUT2D eigenvalue weighted by molar-refractivity contribution is 5.86. The van der Waals surface area contributed by atoms with Crippen molar-refractivity contribution in [2.24, 2.45) is 5.73 Å². The van der Waals surface area contributed by atoms with Gasteiger partial charge in [0.1, 0.15) is 6.04 Å². The van der Waals surface area contributed by atoms with Gasteiger partial charge in [-0.25, -0.2) is 0 Å². The number of amides is 1. The molecule has 0 bridgehead atoms. The van der Waals surface area contributed by atoms with Gasteiger partial charge in [0.2, 0.25) is 5.91 Å². The number of carbonyl (C=O) groups is 1. The Morgan fingerprint density at radius 2 is 2.40 bits per heavy atom. The molecule has 1 amide bonds. The Kier molecular flexibility index (Phi) is 3.84. The minimum absolute atomic E-state index is 0.0408. The van der Waals surface area contributed by atoms with E-state index in [1.807, 2.05) is 6.07 Å². The molecule has 2 fully saturated rings. The highest BCUT2D eigenvalue weighted by atomic mass is 16.5. The van der Waals surface area contributed by atoms with Crippen LogP contribution in [0.4, 0.5) is 5.69 Å². The SMILES string of the molecule is NCc1ccncc1N1CCOCC1C(=O)NC1CC1. The lowest BCUT2D eigenvalue weighted by Crippen LogP contribution is -2.54. The molecular formula is C14H20N4O2. The maximum atomic E-state index is 12.3. The Bertz CT molecular complexity index is 490. The molecule has 20 heavy (non-hydrogen) atoms. The van der Waals surface area contributed by atoms with E-state index in [0.717, 1.165) is 24.1 Å². The number of nitrogens with two attached hydrogens (primary N) is 1. The van der Waals surface area contributed by atoms with E-state index >= 15 is 0 Å². The number of pyridine rings is 1. The monoisotopic (exact) mass is 276 g/mol. The molecule has 1 aliphatic carbocycles. The van der Waals surface area contributed by atoms with E-state index < -0.39 is 0 Å². The Balaban J connectivity index is 1.82. The number of ether oxygens (including phenoxy) is 1. The second-order valence-corrected chi connectivity index (χ2v) is 5.28. The van der Waals surface area contributed by atoms with E-state index in [-0.39, 0.29) is 11.9 Å². The fourth-order valence-corrected chi connectivity index (χ4v) is 2.48. The van der Waals surface area contributed by atoms with Crippen LogP contribution < -0.4 is 16.0 Å². The third kappa shape index (κ3) is 2.76. The molecular weight excluding hydrogens is 256 g/mol. The summed E-state index contributed by atoms with van der Waals surface area (Å²) in [5.41, 5.74) is 7.73. The Morgan fingerprint density at radius 1 is 1.55 bits per heavy atom. The van der Waals surface area contributed by atoms with E-state index in [1.165, 1.54) is 0 Å². The van der Waals surface area contributed by atoms with Crippen molar-refractivity contribution in [2.75, 3.05) is 24.7 Å². The summed E-state index contributed by atoms with van der Waals surface area (Å²) in [5.74, 6) is 0.0408. The van der Waals surface area contributed by atoms with E-state index in [1.54, 1.807) is 12.4 Å². The maximum Gasteiger partial charge on any atom is 0.245 e. The smallest absolute Gasteiger partial charge is 0.245 e. The zero-order valence-electron chi connectivity index (χ0n) is 11.4. The van der Waals surface area contributed by atoms with Crippen molar-refractivity contribution in [1.29, 1.82) is 0 Å². The molecule has 3 rings (SSSR count). The van der Waals surface area contributed by atoms with Gasteiger partial charge in [-0.3, -0.25) is 9.78 Å². The Labute approximate surface area is 118 Å². The number of hydrogen-bond donors (Lipinski definition) is 2. The molecule has 3 N–H and O–H groups in total. The molecule has 1 aromatic rings. The van der Waals surface area contributed by atoms with Crippen molar-refractivity contribution >= 4 is 11.6 Å². The van der Waals surface area contributed by atoms with Crippen molar-refractivity contribution in [3.8, 4) is 0 Å². The summed E-state index contributed by atoms with van der Waals surface area (Å²) in [7, 11) is 0. The number of rotatable bonds is 4. The summed E-state index contributed by atoms with van der Waals surface area (Å²) in [4.78, 5) is 18.6. The molecule has 1 saturated heterocycles. The van der Waals surface area contributed by atoms with E-state index in [4.69, 9.17) is 10.5 Å². The molecule has 1 aliphatic heterocycles. The van der Waals surface area contributed by atoms with Crippen LogP contribution in [-0.2, 0) is 16.1 Å². The zero-order valence-corrected chi connectivity index (χ0v) is 11.4. The first kappa shape index (κ1) is 13.3. The fourth-order valence-electron chi connectivity index (χ4n) is 2.48. The zero-order chi connectivity index (χ0) is 13.9. The minimum Gasteiger partial charge on any atom is -0.377 e. The summed E-state index contributed by atoms with van der Waals surface area (Å²) in [6.07, 6.45) is 5.68. The average Bonchev–Trinajstić information content (AvgIpc) is 3.31. The first-order valence-corrected chi connectivity index (χ1v) is 7.07. The molecule has 1 atom stereocenters. The predicted molar refractivity (Wildman–Crippen MR) is 75.2 cm³/mol. The van der Waals surface area contributed by atoms with Crippen LogP contribution in [0.5, 0.6) is 0 Å². The Morgan fingerprint density at radius 3 is 3.15 bits per heavy atom. The largest absolute Gasteiger partial charge is 0.377 e. The van der Waals surface area contributed by atoms with Crippen LogP contribution in [0.25, 0.3) is 0 Å². The fraction of sp³-hybridized carbons (Fsp3) is 0.571. The van der Waals surface area contributed by atoms with E-state index in [2.05, 4.69) is 15.2 Å². The molecule has 2 heterocycles. The molecule has 6 heteroatoms. The third-order valence-electron chi connectivity index (χ3n) is 3.77. The maximum absolute atomic E-state index is 12.3. The van der Waals surface area contributed by atoms with Crippen molar-refractivity contribution in [2.45, 2.75) is 31.5 Å². The van der Waals surface area contributed by atoms with Crippen LogP contribution >= 0.6 is 0 Å². The lowest BCUT2D eigenvalue weighted by atomic mass is 10.1. The summed E-state index contributed by atoms with van der Waals surface area (Å²) in [5, 5.41) is 3.05. The molecule has 0 radical (unpaired) electrons. The van der Waals surface area contributed by atoms with Gasteiger partial charge in [0.15, 0.2) is 0 Å². The third-order valence-corrected chi connectivity index (χ3v) is 3.77. The number of anilines is 1. The molecule has 0 spiro atoms. The van der Waals surface area contributed by atoms with Crippen LogP contribution in [0.15, 0.2) is 18.5 Å². The highest BCUT2D eigenvalue weighted by Gasteiger charge is 2.34. The molecule has 1 aromatic heterocycles. The first-order chi connectivity index (χ1) is 9.79. The molecule has 6 nitrogen and oxygen atoms in total. The molecule has 0 aromatic carbocycles. The van der Waals surface area contributed by atoms with Crippen molar-refractivity contribution in [1.82, 2.24) is 10.3 Å². The van der Waals surface area contributed by atoms with Crippen LogP contribution in [0, 0.1) is 0 Å². The molecule has 1 unspecified atom stereocenters. The van der Waals surface area contributed by atoms with E-state index in [0.29, 0.717) is 32.3 Å². The summed E-state index contributed by atoms with van der Waals surface area (Å²) < 4.78 is 5.48. The standard InChI is InChI=1S/C14H20N4O2/c15-7-10-3-4-16-8-12(10)18-5-6-20-9-13(18)14(19)17-11-1-2-11/h3-4,8,11,13H,1-2,5-7,9,15H2,(H,17,19). The van der Waals surface area contributed by atoms with Crippen LogP contribution in [0.1, 0.15) is 18.4 Å². The number of carbonyl (C=O) groups excluding carboxylic acids is 1. The molecule has 1 saturated carbocycles. The van der Waals surface area contributed by atoms with Crippen molar-refractivity contribution in [3.63, 3.8) is 0 Å². The number of hydrogen-bond acceptors (Lipinski definition) is 5. The quantitative estimate of drug-likeness (QED) is 0.810. The second-order valence-electron chi connectivity index (χ2n) is 5.28. The number of nitrogens with zero attached hydrogens (tertiary/aromatic N) is 2. The summed E-state index contributed by atoms with van der Waals surface area (Å²) in [6, 6.07) is 1.97. The first-order valence-electron chi connectivity index (χ1n) is 7.07. The number of nitrogens with one attached hydrogen (secondary N) is 1. The number of aromatic nitrogens is 1. The Hall–Kier alpha value is -1.66. The van der Waals surface area contributed by atoms with Crippen LogP contribution in [0.3, 0.4) is 0 Å². The van der Waals surface area contributed by atoms with Gasteiger partial charge in [0, 0.05) is 25.3 Å². The van der Waals surface area contributed by atoms with Gasteiger partial charge < -0.3 is 20.7 Å². The summed E-state index contributed by atoms with van der Waals surface area (Å²) in [6.45, 7) is 2.15. The highest BCUT2D eigenvalue weighted by Crippen LogP contribution is 2.24. The van der Waals surface area contributed by atoms with Crippen molar-refractivity contribution in [3.05, 3.63) is 24.0 Å². The second kappa shape index (κ2) is 5.76. The predicted octanol–water partition coefficient (Wildman–Crippen LogP) is 0.0241. The van der Waals surface area contributed by atoms with Gasteiger partial charge >= 0.3 is 0 Å². The van der Waals surface area contributed by atoms with Gasteiger partial charge in [0.25, 0.3) is 0 Å². The van der Waals surface area contributed by atoms with Crippen LogP contribution in [-0.4, -0.2) is 42.7 Å². The van der Waals surface area contributed by atoms with Gasteiger partial charge in [-0.15, -0.1) is 0 Å². The lowest BCUT2D eigenvalue weighted by molar-refractivity contribution is -0.124. The molecule has 2 aliphatic rings. The van der Waals surface area contributed by atoms with Crippen molar-refractivity contribution < 1.29 is 9.53 Å². The average molecular weight is 276 g/mol. The lowest BCUT2D eigenvalue weighted by Gasteiger charge is -2.37. The van der Waals surface area contributed by atoms with E-state index in [9.17, 15) is 4.79 Å². The van der Waals surface area contributed by atoms with Gasteiger partial charge in [-0.05, 0) is 24.5 Å².